The highest BCUT2D eigenvalue weighted by atomic mass is 19.3. The van der Waals surface area contributed by atoms with Crippen LogP contribution in [0.3, 0.4) is 0 Å². The number of carbonyl (C=O) groups is 1. The van der Waals surface area contributed by atoms with Gasteiger partial charge in [-0.1, -0.05) is 12.1 Å². The molecule has 0 aliphatic carbocycles. The van der Waals surface area contributed by atoms with E-state index in [4.69, 9.17) is 0 Å². The third-order valence-electron chi connectivity index (χ3n) is 3.63. The minimum Gasteiger partial charge on any atom is -0.435 e. The van der Waals surface area contributed by atoms with E-state index in [2.05, 4.69) is 4.74 Å². The normalized spacial score (nSPS) is 12.1. The van der Waals surface area contributed by atoms with Crippen molar-refractivity contribution in [3.63, 3.8) is 0 Å². The van der Waals surface area contributed by atoms with Gasteiger partial charge in [0.15, 0.2) is 11.6 Å². The van der Waals surface area contributed by atoms with Crippen molar-refractivity contribution in [3.8, 4) is 5.75 Å². The minimum absolute atomic E-state index is 0.135. The molecule has 1 amide bonds. The van der Waals surface area contributed by atoms with E-state index in [1.54, 1.807) is 6.92 Å². The number of alkyl halides is 2. The monoisotopic (exact) mass is 341 g/mol. The van der Waals surface area contributed by atoms with Crippen LogP contribution in [0.25, 0.3) is 0 Å². The fraction of sp³-hybridized carbons (Fsp3) is 0.235. The second kappa shape index (κ2) is 7.33. The van der Waals surface area contributed by atoms with E-state index in [-0.39, 0.29) is 11.3 Å². The average molecular weight is 341 g/mol. The Labute approximate surface area is 136 Å². The quantitative estimate of drug-likeness (QED) is 0.755. The average Bonchev–Trinajstić information content (AvgIpc) is 2.55. The van der Waals surface area contributed by atoms with E-state index in [0.29, 0.717) is 5.56 Å². The number of nitrogens with zero attached hydrogens (tertiary/aromatic N) is 1. The van der Waals surface area contributed by atoms with Crippen molar-refractivity contribution in [3.05, 3.63) is 65.2 Å². The summed E-state index contributed by atoms with van der Waals surface area (Å²) in [4.78, 5) is 13.8. The Hall–Kier alpha value is -2.57. The lowest BCUT2D eigenvalue weighted by Gasteiger charge is -2.25. The highest BCUT2D eigenvalue weighted by molar-refractivity contribution is 5.94. The van der Waals surface area contributed by atoms with Gasteiger partial charge in [-0.05, 0) is 42.8 Å². The molecule has 0 aromatic heterocycles. The summed E-state index contributed by atoms with van der Waals surface area (Å²) in [7, 11) is 1.48. The number of hydrogen-bond acceptors (Lipinski definition) is 2. The molecule has 0 bridgehead atoms. The third kappa shape index (κ3) is 4.04. The lowest BCUT2D eigenvalue weighted by Crippen LogP contribution is -2.29. The lowest BCUT2D eigenvalue weighted by atomic mass is 10.1. The molecule has 0 spiro atoms. The molecular formula is C17H15F4NO2. The van der Waals surface area contributed by atoms with Crippen LogP contribution in [-0.4, -0.2) is 24.5 Å². The molecule has 0 fully saturated rings. The first-order valence-corrected chi connectivity index (χ1v) is 7.06. The molecule has 24 heavy (non-hydrogen) atoms. The second-order valence-electron chi connectivity index (χ2n) is 5.17. The van der Waals surface area contributed by atoms with Gasteiger partial charge < -0.3 is 9.64 Å². The lowest BCUT2D eigenvalue weighted by molar-refractivity contribution is -0.0499. The molecule has 1 unspecified atom stereocenters. The summed E-state index contributed by atoms with van der Waals surface area (Å²) >= 11 is 0. The fourth-order valence-electron chi connectivity index (χ4n) is 2.18. The van der Waals surface area contributed by atoms with Crippen LogP contribution in [-0.2, 0) is 0 Å². The van der Waals surface area contributed by atoms with Crippen LogP contribution in [0, 0.1) is 11.6 Å². The van der Waals surface area contributed by atoms with Crippen LogP contribution in [0.2, 0.25) is 0 Å². The van der Waals surface area contributed by atoms with Crippen LogP contribution < -0.4 is 4.74 Å². The highest BCUT2D eigenvalue weighted by Gasteiger charge is 2.20. The van der Waals surface area contributed by atoms with Gasteiger partial charge in [0.25, 0.3) is 5.91 Å². The van der Waals surface area contributed by atoms with E-state index in [9.17, 15) is 22.4 Å². The molecule has 2 rings (SSSR count). The second-order valence-corrected chi connectivity index (χ2v) is 5.17. The Balaban J connectivity index is 2.20. The number of ether oxygens (including phenoxy) is 1. The Morgan fingerprint density at radius 3 is 2.42 bits per heavy atom. The fourth-order valence-corrected chi connectivity index (χ4v) is 2.18. The van der Waals surface area contributed by atoms with Gasteiger partial charge in [0.05, 0.1) is 6.04 Å². The van der Waals surface area contributed by atoms with Gasteiger partial charge in [0, 0.05) is 12.6 Å². The largest absolute Gasteiger partial charge is 0.435 e. The molecule has 0 aliphatic heterocycles. The number of carbonyl (C=O) groups excluding carboxylic acids is 1. The number of halogens is 4. The zero-order valence-corrected chi connectivity index (χ0v) is 13.0. The van der Waals surface area contributed by atoms with Crippen molar-refractivity contribution in [2.75, 3.05) is 7.05 Å². The summed E-state index contributed by atoms with van der Waals surface area (Å²) in [6.07, 6.45) is 0. The molecule has 0 saturated heterocycles. The van der Waals surface area contributed by atoms with Gasteiger partial charge >= 0.3 is 6.61 Å². The molecule has 2 aromatic rings. The summed E-state index contributed by atoms with van der Waals surface area (Å²) < 4.78 is 55.1. The van der Waals surface area contributed by atoms with Crippen LogP contribution in [0.5, 0.6) is 5.75 Å². The predicted molar refractivity (Wildman–Crippen MR) is 79.9 cm³/mol. The summed E-state index contributed by atoms with van der Waals surface area (Å²) in [6, 6.07) is 8.20. The number of hydrogen-bond donors (Lipinski definition) is 0. The van der Waals surface area contributed by atoms with Crippen LogP contribution >= 0.6 is 0 Å². The topological polar surface area (TPSA) is 29.5 Å². The minimum atomic E-state index is -2.99. The molecule has 0 aliphatic rings. The summed E-state index contributed by atoms with van der Waals surface area (Å²) in [5, 5.41) is 0. The Kier molecular flexibility index (Phi) is 5.43. The molecule has 7 heteroatoms. The molecular weight excluding hydrogens is 326 g/mol. The van der Waals surface area contributed by atoms with Gasteiger partial charge in [0.2, 0.25) is 0 Å². The zero-order chi connectivity index (χ0) is 17.9. The molecule has 1 atom stereocenters. The van der Waals surface area contributed by atoms with Crippen molar-refractivity contribution >= 4 is 5.91 Å². The van der Waals surface area contributed by atoms with Crippen LogP contribution in [0.15, 0.2) is 42.5 Å². The highest BCUT2D eigenvalue weighted by Crippen LogP contribution is 2.24. The summed E-state index contributed by atoms with van der Waals surface area (Å²) in [5.41, 5.74) is 0.551. The molecule has 3 nitrogen and oxygen atoms in total. The van der Waals surface area contributed by atoms with Gasteiger partial charge in [-0.3, -0.25) is 4.79 Å². The Morgan fingerprint density at radius 2 is 1.79 bits per heavy atom. The molecule has 0 radical (unpaired) electrons. The smallest absolute Gasteiger partial charge is 0.387 e. The van der Waals surface area contributed by atoms with Gasteiger partial charge in [-0.15, -0.1) is 0 Å². The van der Waals surface area contributed by atoms with Crippen molar-refractivity contribution in [2.45, 2.75) is 19.6 Å². The maximum atomic E-state index is 13.3. The van der Waals surface area contributed by atoms with Crippen LogP contribution in [0.4, 0.5) is 17.6 Å². The zero-order valence-electron chi connectivity index (χ0n) is 13.0. The van der Waals surface area contributed by atoms with E-state index in [1.807, 2.05) is 0 Å². The van der Waals surface area contributed by atoms with Crippen molar-refractivity contribution in [1.29, 1.82) is 0 Å². The number of amides is 1. The van der Waals surface area contributed by atoms with Crippen molar-refractivity contribution < 1.29 is 27.1 Å². The molecule has 128 valence electrons. The predicted octanol–water partition coefficient (Wildman–Crippen LogP) is 4.40. The number of benzene rings is 2. The Morgan fingerprint density at radius 1 is 1.08 bits per heavy atom. The maximum Gasteiger partial charge on any atom is 0.387 e. The molecule has 2 aromatic carbocycles. The van der Waals surface area contributed by atoms with E-state index in [0.717, 1.165) is 12.1 Å². The summed E-state index contributed by atoms with van der Waals surface area (Å²) in [6.45, 7) is -1.35. The van der Waals surface area contributed by atoms with Gasteiger partial charge in [0.1, 0.15) is 5.75 Å². The van der Waals surface area contributed by atoms with E-state index < -0.39 is 30.2 Å². The van der Waals surface area contributed by atoms with Gasteiger partial charge in [-0.2, -0.15) is 8.78 Å². The molecule has 0 saturated carbocycles. The Bertz CT molecular complexity index is 736. The van der Waals surface area contributed by atoms with Gasteiger partial charge in [-0.25, -0.2) is 8.78 Å². The standard InChI is InChI=1S/C17H15F4NO2/c1-10(11-6-7-14(18)15(19)9-11)22(2)16(23)12-4-3-5-13(8-12)24-17(20)21/h3-10,17H,1-2H3. The molecule has 0 heterocycles. The first-order valence-electron chi connectivity index (χ1n) is 7.06. The SMILES string of the molecule is CC(c1ccc(F)c(F)c1)N(C)C(=O)c1cccc(OC(F)F)c1. The third-order valence-corrected chi connectivity index (χ3v) is 3.63. The summed E-state index contributed by atoms with van der Waals surface area (Å²) in [5.74, 6) is -2.58. The van der Waals surface area contributed by atoms with Crippen molar-refractivity contribution in [2.24, 2.45) is 0 Å². The maximum absolute atomic E-state index is 13.3. The van der Waals surface area contributed by atoms with Crippen LogP contribution in [0.1, 0.15) is 28.9 Å². The van der Waals surface area contributed by atoms with E-state index in [1.165, 1.54) is 42.3 Å². The molecule has 0 N–H and O–H groups in total. The van der Waals surface area contributed by atoms with Crippen molar-refractivity contribution in [1.82, 2.24) is 4.90 Å². The first-order chi connectivity index (χ1) is 11.3. The van der Waals surface area contributed by atoms with E-state index >= 15 is 0 Å². The number of rotatable bonds is 5. The first kappa shape index (κ1) is 17.8.